The van der Waals surface area contributed by atoms with E-state index >= 15 is 0 Å². The predicted octanol–water partition coefficient (Wildman–Crippen LogP) is -1.41. The molecule has 0 fully saturated rings. The molecule has 6 nitrogen and oxygen atoms in total. The van der Waals surface area contributed by atoms with Crippen molar-refractivity contribution in [1.82, 2.24) is 0 Å². The van der Waals surface area contributed by atoms with Crippen LogP contribution < -0.4 is 5.73 Å². The second-order valence-corrected chi connectivity index (χ2v) is 3.49. The lowest BCUT2D eigenvalue weighted by atomic mass is 10.3. The van der Waals surface area contributed by atoms with Crippen LogP contribution in [0.4, 0.5) is 0 Å². The van der Waals surface area contributed by atoms with Gasteiger partial charge >= 0.3 is 5.97 Å². The molecule has 0 spiro atoms. The number of hydrogen-bond donors (Lipinski definition) is 4. The number of carboxylic acids is 1. The maximum atomic E-state index is 10.0. The summed E-state index contributed by atoms with van der Waals surface area (Å²) in [5, 5.41) is 8.20. The molecule has 0 amide bonds. The molecule has 1 unspecified atom stereocenters. The molecule has 0 aliphatic carbocycles. The lowest BCUT2D eigenvalue weighted by molar-refractivity contribution is -0.139. The van der Waals surface area contributed by atoms with Gasteiger partial charge in [-0.1, -0.05) is 0 Å². The summed E-state index contributed by atoms with van der Waals surface area (Å²) in [6, 6.07) is -1.25. The maximum Gasteiger partial charge on any atom is 0.322 e. The molecule has 66 valence electrons. The highest BCUT2D eigenvalue weighted by Crippen LogP contribution is 2.34. The summed E-state index contributed by atoms with van der Waals surface area (Å²) in [5.41, 5.74) is 4.97. The van der Waals surface area contributed by atoms with Gasteiger partial charge in [0.25, 0.3) is 0 Å². The van der Waals surface area contributed by atoms with E-state index in [9.17, 15) is 4.79 Å². The molecule has 0 saturated carbocycles. The topological polar surface area (TPSA) is 113 Å². The molecule has 0 aromatic heterocycles. The van der Waals surface area contributed by atoms with Crippen molar-refractivity contribution in [1.29, 1.82) is 0 Å². The summed E-state index contributed by atoms with van der Waals surface area (Å²) < 4.78 is 4.26. The smallest absolute Gasteiger partial charge is 0.322 e. The van der Waals surface area contributed by atoms with Gasteiger partial charge in [-0.25, -0.2) is 0 Å². The molecule has 0 aromatic rings. The third-order valence-corrected chi connectivity index (χ3v) is 1.34. The zero-order valence-corrected chi connectivity index (χ0v) is 6.57. The van der Waals surface area contributed by atoms with Crippen molar-refractivity contribution in [3.8, 4) is 0 Å². The minimum absolute atomic E-state index is 0.459. The Kier molecular flexibility index (Phi) is 3.71. The van der Waals surface area contributed by atoms with E-state index in [0.717, 1.165) is 0 Å². The minimum Gasteiger partial charge on any atom is -0.480 e. The summed E-state index contributed by atoms with van der Waals surface area (Å²) >= 11 is 0. The first kappa shape index (κ1) is 10.6. The molecule has 0 rings (SSSR count). The Labute approximate surface area is 63.4 Å². The van der Waals surface area contributed by atoms with Crippen LogP contribution in [0.2, 0.25) is 0 Å². The standard InChI is InChI=1S/C4H10NO5P/c1-11(8,9)10-2-3(5)4(6)7/h3,8-9H,1-2,5H2,(H,6,7). The van der Waals surface area contributed by atoms with Crippen molar-refractivity contribution in [2.75, 3.05) is 6.61 Å². The molecular formula is C4H10NO5P. The van der Waals surface area contributed by atoms with Crippen LogP contribution in [0.15, 0.2) is 0 Å². The third kappa shape index (κ3) is 6.03. The lowest BCUT2D eigenvalue weighted by Gasteiger charge is -2.12. The monoisotopic (exact) mass is 183 g/mol. The molecule has 0 aliphatic heterocycles. The van der Waals surface area contributed by atoms with Crippen LogP contribution in [0.25, 0.3) is 0 Å². The Morgan fingerprint density at radius 2 is 2.18 bits per heavy atom. The van der Waals surface area contributed by atoms with Crippen LogP contribution >= 0.6 is 7.57 Å². The molecule has 11 heavy (non-hydrogen) atoms. The van der Waals surface area contributed by atoms with E-state index in [-0.39, 0.29) is 0 Å². The highest BCUT2D eigenvalue weighted by atomic mass is 31.2. The second-order valence-electron chi connectivity index (χ2n) is 1.91. The van der Waals surface area contributed by atoms with Crippen LogP contribution in [-0.4, -0.2) is 39.8 Å². The van der Waals surface area contributed by atoms with Gasteiger partial charge in [-0.05, 0) is 6.30 Å². The Bertz CT molecular complexity index is 187. The van der Waals surface area contributed by atoms with Gasteiger partial charge < -0.3 is 25.2 Å². The summed E-state index contributed by atoms with van der Waals surface area (Å²) in [5.74, 6) is -1.27. The van der Waals surface area contributed by atoms with Gasteiger partial charge in [-0.2, -0.15) is 0 Å². The van der Waals surface area contributed by atoms with E-state index in [1.54, 1.807) is 0 Å². The van der Waals surface area contributed by atoms with Crippen LogP contribution in [0, 0.1) is 0 Å². The van der Waals surface area contributed by atoms with E-state index < -0.39 is 26.2 Å². The van der Waals surface area contributed by atoms with E-state index in [0.29, 0.717) is 0 Å². The van der Waals surface area contributed by atoms with Crippen LogP contribution in [0.1, 0.15) is 0 Å². The quantitative estimate of drug-likeness (QED) is 0.398. The molecule has 0 aliphatic rings. The van der Waals surface area contributed by atoms with E-state index in [4.69, 9.17) is 20.6 Å². The van der Waals surface area contributed by atoms with Crippen molar-refractivity contribution in [2.24, 2.45) is 5.73 Å². The fourth-order valence-corrected chi connectivity index (χ4v) is 0.670. The average Bonchev–Trinajstić information content (AvgIpc) is 1.80. The van der Waals surface area contributed by atoms with Crippen molar-refractivity contribution in [2.45, 2.75) is 6.04 Å². The van der Waals surface area contributed by atoms with Crippen LogP contribution in [0.3, 0.4) is 0 Å². The summed E-state index contributed by atoms with van der Waals surface area (Å²) in [7, 11) is -3.60. The molecule has 7 heteroatoms. The molecule has 0 aromatic carbocycles. The molecule has 0 saturated heterocycles. The Hall–Kier alpha value is -0.390. The van der Waals surface area contributed by atoms with Crippen LogP contribution in [0.5, 0.6) is 0 Å². The summed E-state index contributed by atoms with van der Waals surface area (Å²) in [4.78, 5) is 27.1. The fraction of sp³-hybridized carbons (Fsp3) is 0.500. The van der Waals surface area contributed by atoms with Crippen molar-refractivity contribution in [3.05, 3.63) is 0 Å². The highest BCUT2D eigenvalue weighted by molar-refractivity contribution is 7.57. The van der Waals surface area contributed by atoms with Crippen LogP contribution in [-0.2, 0) is 9.32 Å². The Balaban J connectivity index is 3.72. The van der Waals surface area contributed by atoms with Gasteiger partial charge in [-0.3, -0.25) is 4.79 Å². The van der Waals surface area contributed by atoms with Crippen molar-refractivity contribution in [3.63, 3.8) is 0 Å². The van der Waals surface area contributed by atoms with Gasteiger partial charge in [0, 0.05) is 0 Å². The molecule has 5 N–H and O–H groups in total. The number of aliphatic carboxylic acids is 1. The first-order valence-corrected chi connectivity index (χ1v) is 4.44. The first-order chi connectivity index (χ1) is 4.83. The molecule has 1 atom stereocenters. The molecular weight excluding hydrogens is 173 g/mol. The highest BCUT2D eigenvalue weighted by Gasteiger charge is 2.14. The predicted molar refractivity (Wildman–Crippen MR) is 40.0 cm³/mol. The number of nitrogens with two attached hydrogens (primary N) is 1. The van der Waals surface area contributed by atoms with Gasteiger partial charge in [-0.15, -0.1) is 0 Å². The second kappa shape index (κ2) is 3.85. The Morgan fingerprint density at radius 1 is 1.73 bits per heavy atom. The molecule has 0 radical (unpaired) electrons. The normalized spacial score (nSPS) is 14.5. The SMILES string of the molecule is C=P(O)(O)OCC(N)C(=O)O. The minimum atomic E-state index is -3.60. The first-order valence-electron chi connectivity index (χ1n) is 2.65. The number of carbonyl (C=O) groups is 1. The van der Waals surface area contributed by atoms with Crippen molar-refractivity contribution >= 4 is 19.8 Å². The third-order valence-electron chi connectivity index (χ3n) is 0.778. The number of carboxylic acid groups (broad SMARTS) is 1. The average molecular weight is 183 g/mol. The number of rotatable bonds is 4. The van der Waals surface area contributed by atoms with Gasteiger partial charge in [0.05, 0.1) is 6.61 Å². The van der Waals surface area contributed by atoms with E-state index in [1.807, 2.05) is 0 Å². The van der Waals surface area contributed by atoms with E-state index in [1.165, 1.54) is 0 Å². The Morgan fingerprint density at radius 3 is 2.45 bits per heavy atom. The van der Waals surface area contributed by atoms with Crippen molar-refractivity contribution < 1.29 is 24.2 Å². The maximum absolute atomic E-state index is 10.0. The zero-order valence-electron chi connectivity index (χ0n) is 5.67. The number of hydrogen-bond acceptors (Lipinski definition) is 5. The largest absolute Gasteiger partial charge is 0.480 e. The summed E-state index contributed by atoms with van der Waals surface area (Å²) in [6.07, 6.45) is 2.85. The van der Waals surface area contributed by atoms with Gasteiger partial charge in [0.15, 0.2) is 0 Å². The fourth-order valence-electron chi connectivity index (χ4n) is 0.271. The van der Waals surface area contributed by atoms with E-state index in [2.05, 4.69) is 10.8 Å². The zero-order chi connectivity index (χ0) is 9.07. The van der Waals surface area contributed by atoms with Gasteiger partial charge in [0.1, 0.15) is 6.04 Å². The molecule has 0 bridgehead atoms. The summed E-state index contributed by atoms with van der Waals surface area (Å²) in [6.45, 7) is -0.459. The lowest BCUT2D eigenvalue weighted by Crippen LogP contribution is -2.34. The van der Waals surface area contributed by atoms with Gasteiger partial charge in [0.2, 0.25) is 7.57 Å². The molecule has 0 heterocycles.